The molecule has 0 radical (unpaired) electrons. The van der Waals surface area contributed by atoms with Crippen molar-refractivity contribution in [1.82, 2.24) is 19.7 Å². The average molecular weight is 463 g/mol. The Morgan fingerprint density at radius 2 is 0.758 bits per heavy atom. The van der Waals surface area contributed by atoms with E-state index in [1.807, 2.05) is 12.7 Å². The molecule has 0 unspecified atom stereocenters. The fourth-order valence-corrected chi connectivity index (χ4v) is 4.78. The second-order valence-electron chi connectivity index (χ2n) is 10.3. The van der Waals surface area contributed by atoms with Crippen LogP contribution in [0, 0.1) is 0 Å². The Balaban J connectivity index is 2.02. The zero-order valence-electron chi connectivity index (χ0n) is 22.6. The van der Waals surface area contributed by atoms with Crippen LogP contribution >= 0.6 is 0 Å². The zero-order valence-corrected chi connectivity index (χ0v) is 22.6. The molecule has 0 aromatic carbocycles. The van der Waals surface area contributed by atoms with Crippen molar-refractivity contribution in [2.75, 3.05) is 13.1 Å². The molecule has 0 atom stereocenters. The molecule has 1 aromatic heterocycles. The number of hydrogen-bond acceptors (Lipinski definition) is 3. The van der Waals surface area contributed by atoms with Gasteiger partial charge in [0.05, 0.1) is 6.67 Å². The van der Waals surface area contributed by atoms with Gasteiger partial charge in [0.25, 0.3) is 0 Å². The Kier molecular flexibility index (Phi) is 22.1. The van der Waals surface area contributed by atoms with Gasteiger partial charge in [-0.15, -0.1) is 10.2 Å². The van der Waals surface area contributed by atoms with E-state index in [0.29, 0.717) is 0 Å². The summed E-state index contributed by atoms with van der Waals surface area (Å²) in [6.45, 7) is 7.97. The van der Waals surface area contributed by atoms with Crippen molar-refractivity contribution in [1.29, 1.82) is 0 Å². The van der Waals surface area contributed by atoms with Crippen LogP contribution in [-0.4, -0.2) is 32.8 Å². The average Bonchev–Trinajstić information content (AvgIpc) is 3.34. The van der Waals surface area contributed by atoms with Crippen LogP contribution in [0.25, 0.3) is 0 Å². The van der Waals surface area contributed by atoms with E-state index in [-0.39, 0.29) is 0 Å². The molecule has 0 saturated heterocycles. The number of nitrogens with zero attached hydrogens (tertiary/aromatic N) is 4. The van der Waals surface area contributed by atoms with Crippen molar-refractivity contribution in [2.24, 2.45) is 0 Å². The molecule has 1 rings (SSSR count). The van der Waals surface area contributed by atoms with Crippen molar-refractivity contribution in [3.05, 3.63) is 12.7 Å². The molecule has 4 heteroatoms. The predicted octanol–water partition coefficient (Wildman–Crippen LogP) is 9.16. The van der Waals surface area contributed by atoms with Crippen LogP contribution in [0.1, 0.15) is 155 Å². The van der Waals surface area contributed by atoms with Crippen LogP contribution in [-0.2, 0) is 6.67 Å². The molecule has 0 fully saturated rings. The predicted molar refractivity (Wildman–Crippen MR) is 145 cm³/mol. The molecule has 194 valence electrons. The zero-order chi connectivity index (χ0) is 23.7. The Morgan fingerprint density at radius 3 is 1.09 bits per heavy atom. The van der Waals surface area contributed by atoms with Gasteiger partial charge in [0.2, 0.25) is 0 Å². The van der Waals surface area contributed by atoms with Crippen molar-refractivity contribution in [3.8, 4) is 0 Å². The van der Waals surface area contributed by atoms with Gasteiger partial charge in [-0.3, -0.25) is 4.90 Å². The standard InChI is InChI=1S/C29H58N4/c1-3-5-7-9-11-13-15-17-19-21-23-25-32(29-33-27-30-31-28-33)26-24-22-20-18-16-14-12-10-8-6-4-2/h27-28H,3-26,29H2,1-2H3. The third-order valence-corrected chi connectivity index (χ3v) is 6.99. The van der Waals surface area contributed by atoms with Crippen LogP contribution in [0.4, 0.5) is 0 Å². The first kappa shape index (κ1) is 30.1. The summed E-state index contributed by atoms with van der Waals surface area (Å²) in [4.78, 5) is 2.62. The van der Waals surface area contributed by atoms with E-state index in [1.165, 1.54) is 154 Å². The Morgan fingerprint density at radius 1 is 0.455 bits per heavy atom. The minimum Gasteiger partial charge on any atom is -0.306 e. The summed E-state index contributed by atoms with van der Waals surface area (Å²) in [6.07, 6.45) is 34.8. The van der Waals surface area contributed by atoms with Crippen LogP contribution in [0.3, 0.4) is 0 Å². The van der Waals surface area contributed by atoms with Gasteiger partial charge in [-0.05, 0) is 25.9 Å². The summed E-state index contributed by atoms with van der Waals surface area (Å²) in [6, 6.07) is 0. The first-order valence-electron chi connectivity index (χ1n) is 14.9. The van der Waals surface area contributed by atoms with Crippen LogP contribution < -0.4 is 0 Å². The lowest BCUT2D eigenvalue weighted by atomic mass is 10.1. The molecular formula is C29H58N4. The lowest BCUT2D eigenvalue weighted by Crippen LogP contribution is -2.28. The summed E-state index contributed by atoms with van der Waals surface area (Å²) in [5, 5.41) is 7.97. The third kappa shape index (κ3) is 20.2. The van der Waals surface area contributed by atoms with Crippen LogP contribution in [0.15, 0.2) is 12.7 Å². The van der Waals surface area contributed by atoms with Crippen LogP contribution in [0.2, 0.25) is 0 Å². The van der Waals surface area contributed by atoms with Gasteiger partial charge in [0.1, 0.15) is 12.7 Å². The fourth-order valence-electron chi connectivity index (χ4n) is 4.78. The molecule has 0 N–H and O–H groups in total. The first-order valence-corrected chi connectivity index (χ1v) is 14.9. The van der Waals surface area contributed by atoms with E-state index >= 15 is 0 Å². The fraction of sp³-hybridized carbons (Fsp3) is 0.931. The molecule has 0 aliphatic rings. The van der Waals surface area contributed by atoms with Gasteiger partial charge in [-0.2, -0.15) is 0 Å². The smallest absolute Gasteiger partial charge is 0.120 e. The van der Waals surface area contributed by atoms with Gasteiger partial charge in [-0.1, -0.05) is 142 Å². The van der Waals surface area contributed by atoms with Gasteiger partial charge in [0.15, 0.2) is 0 Å². The number of rotatable bonds is 26. The van der Waals surface area contributed by atoms with E-state index in [9.17, 15) is 0 Å². The Hall–Kier alpha value is -0.900. The Labute approximate surface area is 207 Å². The molecule has 0 spiro atoms. The lowest BCUT2D eigenvalue weighted by Gasteiger charge is -2.22. The maximum absolute atomic E-state index is 3.98. The van der Waals surface area contributed by atoms with E-state index in [4.69, 9.17) is 0 Å². The van der Waals surface area contributed by atoms with Crippen molar-refractivity contribution >= 4 is 0 Å². The number of unbranched alkanes of at least 4 members (excludes halogenated alkanes) is 20. The SMILES string of the molecule is CCCCCCCCCCCCCN(CCCCCCCCCCCCC)Cn1cnnc1. The molecule has 0 saturated carbocycles. The molecule has 0 aliphatic carbocycles. The maximum Gasteiger partial charge on any atom is 0.120 e. The highest BCUT2D eigenvalue weighted by molar-refractivity contribution is 4.63. The van der Waals surface area contributed by atoms with Gasteiger partial charge in [-0.25, -0.2) is 0 Å². The highest BCUT2D eigenvalue weighted by Gasteiger charge is 2.06. The van der Waals surface area contributed by atoms with Crippen molar-refractivity contribution < 1.29 is 0 Å². The molecule has 33 heavy (non-hydrogen) atoms. The van der Waals surface area contributed by atoms with Gasteiger partial charge < -0.3 is 4.57 Å². The highest BCUT2D eigenvalue weighted by atomic mass is 15.3. The van der Waals surface area contributed by atoms with Crippen LogP contribution in [0.5, 0.6) is 0 Å². The molecule has 1 heterocycles. The maximum atomic E-state index is 3.98. The largest absolute Gasteiger partial charge is 0.306 e. The highest BCUT2D eigenvalue weighted by Crippen LogP contribution is 2.13. The quantitative estimate of drug-likeness (QED) is 0.129. The van der Waals surface area contributed by atoms with Crippen molar-refractivity contribution in [3.63, 3.8) is 0 Å². The summed E-state index contributed by atoms with van der Waals surface area (Å²) < 4.78 is 2.12. The minimum atomic E-state index is 0.947. The van der Waals surface area contributed by atoms with Gasteiger partial charge >= 0.3 is 0 Å². The monoisotopic (exact) mass is 462 g/mol. The summed E-state index contributed by atoms with van der Waals surface area (Å²) in [5.74, 6) is 0. The lowest BCUT2D eigenvalue weighted by molar-refractivity contribution is 0.208. The molecule has 0 amide bonds. The van der Waals surface area contributed by atoms with Gasteiger partial charge in [0, 0.05) is 0 Å². The second-order valence-corrected chi connectivity index (χ2v) is 10.3. The topological polar surface area (TPSA) is 34.0 Å². The number of aromatic nitrogens is 3. The Bertz CT molecular complexity index is 448. The summed E-state index contributed by atoms with van der Waals surface area (Å²) in [5.41, 5.74) is 0. The van der Waals surface area contributed by atoms with E-state index in [0.717, 1.165) is 6.67 Å². The summed E-state index contributed by atoms with van der Waals surface area (Å²) >= 11 is 0. The number of hydrogen-bond donors (Lipinski definition) is 0. The molecule has 1 aromatic rings. The minimum absolute atomic E-state index is 0.947. The molecule has 4 nitrogen and oxygen atoms in total. The molecule has 0 bridgehead atoms. The van der Waals surface area contributed by atoms with Crippen molar-refractivity contribution in [2.45, 2.75) is 162 Å². The van der Waals surface area contributed by atoms with E-state index in [2.05, 4.69) is 33.5 Å². The third-order valence-electron chi connectivity index (χ3n) is 6.99. The first-order chi connectivity index (χ1) is 16.4. The normalized spacial score (nSPS) is 11.6. The summed E-state index contributed by atoms with van der Waals surface area (Å²) in [7, 11) is 0. The van der Waals surface area contributed by atoms with E-state index < -0.39 is 0 Å². The second kappa shape index (κ2) is 24.2. The van der Waals surface area contributed by atoms with E-state index in [1.54, 1.807) is 0 Å². The molecular weight excluding hydrogens is 404 g/mol. The molecule has 0 aliphatic heterocycles.